The molecule has 0 unspecified atom stereocenters. The first-order chi connectivity index (χ1) is 14.4. The average molecular weight is 428 g/mol. The molecule has 3 aliphatic heterocycles. The molecular weight excluding hydrogens is 398 g/mol. The molecule has 1 spiro atoms. The molecule has 1 aliphatic carbocycles. The summed E-state index contributed by atoms with van der Waals surface area (Å²) >= 11 is 1.72. The molecule has 30 heavy (non-hydrogen) atoms. The lowest BCUT2D eigenvalue weighted by atomic mass is 9.76. The van der Waals surface area contributed by atoms with Crippen molar-refractivity contribution in [2.75, 3.05) is 17.3 Å². The van der Waals surface area contributed by atoms with Crippen molar-refractivity contribution < 1.29 is 14.4 Å². The number of nitrogens with one attached hydrogen (secondary N) is 2. The standard InChI is InChI=1S/C23H29N3O3S/c1-12-10-13(2)19-15(11-12)23(22(29)24-19)18-17(16(25-23)8-9-30-3)20(27)26(21(18)28)14-6-4-5-7-14/h10-11,14,16-18,25H,4-9H2,1-3H3,(H,24,29)/t16-,17-,18-,23+/m1/s1. The Morgan fingerprint density at radius 1 is 1.13 bits per heavy atom. The molecule has 1 aromatic carbocycles. The van der Waals surface area contributed by atoms with Gasteiger partial charge in [0.15, 0.2) is 0 Å². The van der Waals surface area contributed by atoms with Crippen LogP contribution in [0.4, 0.5) is 5.69 Å². The second-order valence-corrected chi connectivity index (χ2v) is 10.3. The van der Waals surface area contributed by atoms with Gasteiger partial charge >= 0.3 is 0 Å². The Hall–Kier alpha value is -1.86. The summed E-state index contributed by atoms with van der Waals surface area (Å²) in [7, 11) is 0. The predicted molar refractivity (Wildman–Crippen MR) is 117 cm³/mol. The quantitative estimate of drug-likeness (QED) is 0.723. The summed E-state index contributed by atoms with van der Waals surface area (Å²) in [5.74, 6) is -0.676. The number of amides is 3. The molecule has 1 saturated carbocycles. The zero-order chi connectivity index (χ0) is 21.2. The number of thioether (sulfide) groups is 1. The summed E-state index contributed by atoms with van der Waals surface area (Å²) in [6.45, 7) is 3.99. The van der Waals surface area contributed by atoms with E-state index in [1.54, 1.807) is 16.7 Å². The van der Waals surface area contributed by atoms with Crippen LogP contribution >= 0.6 is 11.8 Å². The summed E-state index contributed by atoms with van der Waals surface area (Å²) < 4.78 is 0. The van der Waals surface area contributed by atoms with Crippen molar-refractivity contribution in [1.29, 1.82) is 0 Å². The lowest BCUT2D eigenvalue weighted by Gasteiger charge is -2.31. The lowest BCUT2D eigenvalue weighted by molar-refractivity contribution is -0.145. The molecule has 1 aromatic rings. The van der Waals surface area contributed by atoms with Crippen molar-refractivity contribution in [3.63, 3.8) is 0 Å². The largest absolute Gasteiger partial charge is 0.324 e. The average Bonchev–Trinajstić information content (AvgIpc) is 3.44. The van der Waals surface area contributed by atoms with Gasteiger partial charge in [0.25, 0.3) is 0 Å². The van der Waals surface area contributed by atoms with Crippen molar-refractivity contribution in [3.8, 4) is 0 Å². The second-order valence-electron chi connectivity index (χ2n) is 9.29. The first-order valence-corrected chi connectivity index (χ1v) is 12.4. The van der Waals surface area contributed by atoms with Gasteiger partial charge in [-0.15, -0.1) is 0 Å². The fourth-order valence-electron chi connectivity index (χ4n) is 6.30. The van der Waals surface area contributed by atoms with Crippen molar-refractivity contribution in [2.24, 2.45) is 11.8 Å². The van der Waals surface area contributed by atoms with E-state index in [0.717, 1.165) is 60.2 Å². The number of carbonyl (C=O) groups is 3. The van der Waals surface area contributed by atoms with Crippen LogP contribution in [0.3, 0.4) is 0 Å². The van der Waals surface area contributed by atoms with Crippen LogP contribution in [0.2, 0.25) is 0 Å². The van der Waals surface area contributed by atoms with E-state index in [1.165, 1.54) is 0 Å². The van der Waals surface area contributed by atoms with Crippen molar-refractivity contribution in [1.82, 2.24) is 10.2 Å². The molecule has 5 rings (SSSR count). The number of rotatable bonds is 4. The number of hydrogen-bond acceptors (Lipinski definition) is 5. The number of likely N-dealkylation sites (tertiary alicyclic amines) is 1. The molecule has 3 amide bonds. The van der Waals surface area contributed by atoms with Gasteiger partial charge in [-0.25, -0.2) is 0 Å². The highest BCUT2D eigenvalue weighted by Crippen LogP contribution is 2.55. The summed E-state index contributed by atoms with van der Waals surface area (Å²) in [6.07, 6.45) is 6.67. The van der Waals surface area contributed by atoms with E-state index in [2.05, 4.69) is 10.6 Å². The molecule has 7 heteroatoms. The number of nitrogens with zero attached hydrogens (tertiary/aromatic N) is 1. The number of imide groups is 1. The zero-order valence-electron chi connectivity index (χ0n) is 17.8. The Bertz CT molecular complexity index is 942. The molecule has 4 aliphatic rings. The van der Waals surface area contributed by atoms with Crippen molar-refractivity contribution >= 4 is 35.2 Å². The van der Waals surface area contributed by atoms with Crippen LogP contribution < -0.4 is 10.6 Å². The third-order valence-corrected chi connectivity index (χ3v) is 8.17. The minimum atomic E-state index is -1.15. The van der Waals surface area contributed by atoms with Gasteiger partial charge in [0, 0.05) is 23.3 Å². The van der Waals surface area contributed by atoms with Gasteiger partial charge in [-0.3, -0.25) is 24.6 Å². The molecule has 2 saturated heterocycles. The van der Waals surface area contributed by atoms with Gasteiger partial charge in [0.05, 0.1) is 11.8 Å². The Labute approximate surface area is 181 Å². The Kier molecular flexibility index (Phi) is 4.74. The minimum absolute atomic E-state index is 0.00275. The number of benzene rings is 1. The molecule has 3 heterocycles. The molecule has 160 valence electrons. The highest BCUT2D eigenvalue weighted by atomic mass is 32.2. The summed E-state index contributed by atoms with van der Waals surface area (Å²) in [6, 6.07) is 3.87. The Balaban J connectivity index is 1.65. The van der Waals surface area contributed by atoms with Gasteiger partial charge < -0.3 is 5.32 Å². The summed E-state index contributed by atoms with van der Waals surface area (Å²) in [5.41, 5.74) is 2.52. The minimum Gasteiger partial charge on any atom is -0.324 e. The highest BCUT2D eigenvalue weighted by molar-refractivity contribution is 7.98. The fraction of sp³-hybridized carbons (Fsp3) is 0.609. The number of carbonyl (C=O) groups excluding carboxylic acids is 3. The third kappa shape index (κ3) is 2.57. The number of hydrogen-bond donors (Lipinski definition) is 2. The smallest absolute Gasteiger partial charge is 0.250 e. The third-order valence-electron chi connectivity index (χ3n) is 7.52. The van der Waals surface area contributed by atoms with Gasteiger partial charge in [-0.2, -0.15) is 11.8 Å². The van der Waals surface area contributed by atoms with Crippen LogP contribution in [0.1, 0.15) is 48.8 Å². The lowest BCUT2D eigenvalue weighted by Crippen LogP contribution is -2.54. The molecule has 3 fully saturated rings. The van der Waals surface area contributed by atoms with Crippen LogP contribution in [-0.4, -0.2) is 46.7 Å². The van der Waals surface area contributed by atoms with Gasteiger partial charge in [0.2, 0.25) is 17.7 Å². The molecule has 0 aromatic heterocycles. The predicted octanol–water partition coefficient (Wildman–Crippen LogP) is 2.72. The second kappa shape index (κ2) is 7.09. The van der Waals surface area contributed by atoms with Gasteiger partial charge in [-0.1, -0.05) is 30.5 Å². The highest BCUT2D eigenvalue weighted by Gasteiger charge is 2.70. The Morgan fingerprint density at radius 2 is 1.87 bits per heavy atom. The molecule has 0 radical (unpaired) electrons. The first-order valence-electron chi connectivity index (χ1n) is 11.0. The monoisotopic (exact) mass is 427 g/mol. The number of fused-ring (bicyclic) bond motifs is 4. The molecule has 6 nitrogen and oxygen atoms in total. The van der Waals surface area contributed by atoms with Gasteiger partial charge in [-0.05, 0) is 50.7 Å². The maximum atomic E-state index is 13.8. The van der Waals surface area contributed by atoms with Crippen LogP contribution in [0.5, 0.6) is 0 Å². The van der Waals surface area contributed by atoms with Crippen LogP contribution in [0.15, 0.2) is 12.1 Å². The number of aryl methyl sites for hydroxylation is 2. The topological polar surface area (TPSA) is 78.5 Å². The maximum absolute atomic E-state index is 13.8. The molecule has 2 N–H and O–H groups in total. The molecule has 4 atom stereocenters. The van der Waals surface area contributed by atoms with Crippen LogP contribution in [0.25, 0.3) is 0 Å². The van der Waals surface area contributed by atoms with E-state index in [-0.39, 0.29) is 29.8 Å². The Morgan fingerprint density at radius 3 is 2.57 bits per heavy atom. The fourth-order valence-corrected chi connectivity index (χ4v) is 6.79. The van der Waals surface area contributed by atoms with E-state index in [0.29, 0.717) is 0 Å². The molecule has 0 bridgehead atoms. The van der Waals surface area contributed by atoms with E-state index in [4.69, 9.17) is 0 Å². The van der Waals surface area contributed by atoms with E-state index < -0.39 is 17.4 Å². The normalized spacial score (nSPS) is 33.0. The van der Waals surface area contributed by atoms with E-state index in [1.807, 2.05) is 32.2 Å². The maximum Gasteiger partial charge on any atom is 0.250 e. The molecular formula is C23H29N3O3S. The van der Waals surface area contributed by atoms with Crippen molar-refractivity contribution in [3.05, 3.63) is 28.8 Å². The van der Waals surface area contributed by atoms with E-state index >= 15 is 0 Å². The van der Waals surface area contributed by atoms with Crippen LogP contribution in [0, 0.1) is 25.7 Å². The van der Waals surface area contributed by atoms with Crippen molar-refractivity contribution in [2.45, 2.75) is 63.6 Å². The van der Waals surface area contributed by atoms with Crippen LogP contribution in [-0.2, 0) is 19.9 Å². The number of anilines is 1. The van der Waals surface area contributed by atoms with E-state index in [9.17, 15) is 14.4 Å². The zero-order valence-corrected chi connectivity index (χ0v) is 18.6. The van der Waals surface area contributed by atoms with Gasteiger partial charge in [0.1, 0.15) is 5.54 Å². The SMILES string of the molecule is CSCC[C@H]1N[C@]2(C(=O)Nc3c(C)cc(C)cc32)[C@H]2C(=O)N(C3CCCC3)C(=O)[C@H]12. The summed E-state index contributed by atoms with van der Waals surface area (Å²) in [4.78, 5) is 42.4. The first kappa shape index (κ1) is 20.1. The summed E-state index contributed by atoms with van der Waals surface area (Å²) in [5, 5.41) is 6.59.